The third-order valence-electron chi connectivity index (χ3n) is 3.18. The topological polar surface area (TPSA) is 44.1 Å². The monoisotopic (exact) mass is 256 g/mol. The number of carbonyl (C=O) groups is 1. The number of benzene rings is 2. The van der Waals surface area contributed by atoms with Crippen LogP contribution in [0.2, 0.25) is 5.02 Å². The number of nitriles is 1. The van der Waals surface area contributed by atoms with E-state index < -0.39 is 0 Å². The lowest BCUT2D eigenvalue weighted by Crippen LogP contribution is -2.27. The molecule has 2 aromatic rings. The normalized spacial score (nSPS) is 13.1. The van der Waals surface area contributed by atoms with Crippen molar-refractivity contribution in [2.75, 3.05) is 11.4 Å². The summed E-state index contributed by atoms with van der Waals surface area (Å²) in [6.07, 6.45) is 0.323. The zero-order valence-electron chi connectivity index (χ0n) is 9.48. The Balaban J connectivity index is 2.25. The molecule has 3 rings (SSSR count). The van der Waals surface area contributed by atoms with Gasteiger partial charge in [0.25, 0.3) is 5.91 Å². The lowest BCUT2D eigenvalue weighted by Gasteiger charge is -2.15. The summed E-state index contributed by atoms with van der Waals surface area (Å²) < 4.78 is 0. The smallest absolute Gasteiger partial charge is 0.259 e. The van der Waals surface area contributed by atoms with Crippen LogP contribution in [0, 0.1) is 11.3 Å². The molecule has 0 fully saturated rings. The molecule has 0 aromatic heterocycles. The number of anilines is 1. The Morgan fingerprint density at radius 1 is 1.28 bits per heavy atom. The van der Waals surface area contributed by atoms with E-state index in [-0.39, 0.29) is 5.91 Å². The molecule has 0 aliphatic carbocycles. The van der Waals surface area contributed by atoms with Gasteiger partial charge in [0.1, 0.15) is 0 Å². The van der Waals surface area contributed by atoms with Gasteiger partial charge in [-0.05, 0) is 18.2 Å². The molecule has 1 aliphatic heterocycles. The zero-order valence-corrected chi connectivity index (χ0v) is 10.2. The molecule has 0 unspecified atom stereocenters. The first kappa shape index (κ1) is 11.1. The minimum atomic E-state index is -0.0480. The first-order chi connectivity index (χ1) is 8.74. The zero-order chi connectivity index (χ0) is 12.7. The van der Waals surface area contributed by atoms with Crippen LogP contribution in [0.15, 0.2) is 30.3 Å². The summed E-state index contributed by atoms with van der Waals surface area (Å²) in [7, 11) is 0. The Bertz CT molecular complexity index is 703. The molecule has 4 heteroatoms. The maximum atomic E-state index is 12.3. The van der Waals surface area contributed by atoms with E-state index in [1.54, 1.807) is 17.0 Å². The number of amides is 1. The molecule has 1 heterocycles. The van der Waals surface area contributed by atoms with E-state index in [1.807, 2.05) is 18.2 Å². The highest BCUT2D eigenvalue weighted by molar-refractivity contribution is 6.38. The molecule has 18 heavy (non-hydrogen) atoms. The Kier molecular flexibility index (Phi) is 2.46. The van der Waals surface area contributed by atoms with Crippen LogP contribution in [0.4, 0.5) is 5.69 Å². The molecular weight excluding hydrogens is 248 g/mol. The number of halogens is 1. The third kappa shape index (κ3) is 1.40. The quantitative estimate of drug-likeness (QED) is 0.827. The van der Waals surface area contributed by atoms with Gasteiger partial charge >= 0.3 is 0 Å². The fourth-order valence-electron chi connectivity index (χ4n) is 2.39. The van der Waals surface area contributed by atoms with Crippen molar-refractivity contribution >= 4 is 34.0 Å². The highest BCUT2D eigenvalue weighted by atomic mass is 35.5. The molecule has 0 radical (unpaired) electrons. The van der Waals surface area contributed by atoms with Crippen molar-refractivity contribution in [3.8, 4) is 6.07 Å². The summed E-state index contributed by atoms with van der Waals surface area (Å²) >= 11 is 6.15. The molecule has 0 spiro atoms. The van der Waals surface area contributed by atoms with Gasteiger partial charge in [0.2, 0.25) is 0 Å². The van der Waals surface area contributed by atoms with Gasteiger partial charge in [0, 0.05) is 27.9 Å². The first-order valence-corrected chi connectivity index (χ1v) is 6.02. The fourth-order valence-corrected chi connectivity index (χ4v) is 2.61. The van der Waals surface area contributed by atoms with E-state index in [0.717, 1.165) is 16.5 Å². The highest BCUT2D eigenvalue weighted by Crippen LogP contribution is 2.40. The van der Waals surface area contributed by atoms with Gasteiger partial charge in [-0.25, -0.2) is 0 Å². The SMILES string of the molecule is N#CCCN1C(=O)c2cccc3c(Cl)ccc1c23. The summed E-state index contributed by atoms with van der Waals surface area (Å²) in [5, 5.41) is 11.1. The number of hydrogen-bond donors (Lipinski definition) is 0. The maximum Gasteiger partial charge on any atom is 0.259 e. The van der Waals surface area contributed by atoms with Crippen molar-refractivity contribution in [3.05, 3.63) is 40.9 Å². The summed E-state index contributed by atoms with van der Waals surface area (Å²) in [5.74, 6) is -0.0480. The van der Waals surface area contributed by atoms with Crippen LogP contribution >= 0.6 is 11.6 Å². The molecule has 0 saturated carbocycles. The van der Waals surface area contributed by atoms with Gasteiger partial charge in [-0.1, -0.05) is 23.7 Å². The van der Waals surface area contributed by atoms with Crippen molar-refractivity contribution in [1.82, 2.24) is 0 Å². The van der Waals surface area contributed by atoms with E-state index in [0.29, 0.717) is 23.6 Å². The minimum absolute atomic E-state index is 0.0480. The van der Waals surface area contributed by atoms with Crippen LogP contribution < -0.4 is 4.90 Å². The van der Waals surface area contributed by atoms with Gasteiger partial charge in [0.15, 0.2) is 0 Å². The van der Waals surface area contributed by atoms with Crippen molar-refractivity contribution in [3.63, 3.8) is 0 Å². The van der Waals surface area contributed by atoms with E-state index in [4.69, 9.17) is 16.9 Å². The number of hydrogen-bond acceptors (Lipinski definition) is 2. The van der Waals surface area contributed by atoms with Crippen LogP contribution in [-0.2, 0) is 0 Å². The molecule has 1 amide bonds. The average Bonchev–Trinajstić information content (AvgIpc) is 2.66. The molecule has 0 bridgehead atoms. The van der Waals surface area contributed by atoms with Crippen LogP contribution in [0.5, 0.6) is 0 Å². The average molecular weight is 257 g/mol. The number of carbonyl (C=O) groups excluding carboxylic acids is 1. The van der Waals surface area contributed by atoms with Crippen molar-refractivity contribution in [2.24, 2.45) is 0 Å². The second-order valence-corrected chi connectivity index (χ2v) is 4.57. The molecule has 0 atom stereocenters. The second-order valence-electron chi connectivity index (χ2n) is 4.16. The standard InChI is InChI=1S/C14H9ClN2O/c15-11-5-6-12-13-9(11)3-1-4-10(13)14(18)17(12)8-2-7-16/h1,3-6H,2,8H2. The lowest BCUT2D eigenvalue weighted by atomic mass is 10.1. The van der Waals surface area contributed by atoms with Gasteiger partial charge in [0.05, 0.1) is 18.2 Å². The summed E-state index contributed by atoms with van der Waals surface area (Å²) in [5.41, 5.74) is 1.52. The predicted molar refractivity (Wildman–Crippen MR) is 70.9 cm³/mol. The van der Waals surface area contributed by atoms with E-state index in [9.17, 15) is 4.79 Å². The molecule has 2 aromatic carbocycles. The van der Waals surface area contributed by atoms with Crippen molar-refractivity contribution in [1.29, 1.82) is 5.26 Å². The Hall–Kier alpha value is -2.05. The van der Waals surface area contributed by atoms with E-state index in [1.165, 1.54) is 0 Å². The van der Waals surface area contributed by atoms with Crippen molar-refractivity contribution < 1.29 is 4.79 Å². The van der Waals surface area contributed by atoms with Crippen LogP contribution in [-0.4, -0.2) is 12.5 Å². The Labute approximate surface area is 109 Å². The van der Waals surface area contributed by atoms with E-state index in [2.05, 4.69) is 6.07 Å². The summed E-state index contributed by atoms with van der Waals surface area (Å²) in [6.45, 7) is 0.417. The summed E-state index contributed by atoms with van der Waals surface area (Å²) in [4.78, 5) is 13.9. The van der Waals surface area contributed by atoms with E-state index >= 15 is 0 Å². The molecular formula is C14H9ClN2O. The summed E-state index contributed by atoms with van der Waals surface area (Å²) in [6, 6.07) is 11.2. The second kappa shape index (κ2) is 4.01. The molecule has 3 nitrogen and oxygen atoms in total. The molecule has 0 saturated heterocycles. The van der Waals surface area contributed by atoms with Crippen LogP contribution in [0.3, 0.4) is 0 Å². The predicted octanol–water partition coefficient (Wildman–Crippen LogP) is 3.37. The molecule has 1 aliphatic rings. The van der Waals surface area contributed by atoms with Gasteiger partial charge < -0.3 is 4.90 Å². The van der Waals surface area contributed by atoms with Gasteiger partial charge in [-0.2, -0.15) is 5.26 Å². The lowest BCUT2D eigenvalue weighted by molar-refractivity contribution is 0.0993. The first-order valence-electron chi connectivity index (χ1n) is 5.64. The van der Waals surface area contributed by atoms with Gasteiger partial charge in [-0.15, -0.1) is 0 Å². The number of nitrogens with zero attached hydrogens (tertiary/aromatic N) is 2. The fraction of sp³-hybridized carbons (Fsp3) is 0.143. The van der Waals surface area contributed by atoms with Crippen LogP contribution in [0.25, 0.3) is 10.8 Å². The van der Waals surface area contributed by atoms with Crippen LogP contribution in [0.1, 0.15) is 16.8 Å². The number of rotatable bonds is 2. The minimum Gasteiger partial charge on any atom is -0.307 e. The van der Waals surface area contributed by atoms with Crippen molar-refractivity contribution in [2.45, 2.75) is 6.42 Å². The highest BCUT2D eigenvalue weighted by Gasteiger charge is 2.29. The van der Waals surface area contributed by atoms with Gasteiger partial charge in [-0.3, -0.25) is 4.79 Å². The molecule has 88 valence electrons. The maximum absolute atomic E-state index is 12.3. The Morgan fingerprint density at radius 2 is 2.11 bits per heavy atom. The largest absolute Gasteiger partial charge is 0.307 e. The molecule has 0 N–H and O–H groups in total. The Morgan fingerprint density at radius 3 is 2.89 bits per heavy atom. The third-order valence-corrected chi connectivity index (χ3v) is 3.51.